The van der Waals surface area contributed by atoms with Crippen LogP contribution in [0, 0.1) is 11.7 Å². The average molecular weight is 506 g/mol. The highest BCUT2D eigenvalue weighted by molar-refractivity contribution is 8.14. The summed E-state index contributed by atoms with van der Waals surface area (Å²) < 4.78 is 14.6. The Balaban J connectivity index is 1.61. The zero-order valence-electron chi connectivity index (χ0n) is 17.9. The van der Waals surface area contributed by atoms with Crippen molar-refractivity contribution in [3.63, 3.8) is 0 Å². The lowest BCUT2D eigenvalue weighted by molar-refractivity contribution is -0.130. The highest BCUT2D eigenvalue weighted by Gasteiger charge is 2.34. The molecular formula is C24H22Cl2FN3O2S. The zero-order valence-corrected chi connectivity index (χ0v) is 20.3. The van der Waals surface area contributed by atoms with E-state index in [1.165, 1.54) is 17.0 Å². The molecule has 33 heavy (non-hydrogen) atoms. The third-order valence-corrected chi connectivity index (χ3v) is 7.17. The van der Waals surface area contributed by atoms with Gasteiger partial charge >= 0.3 is 0 Å². The number of rotatable bonds is 4. The summed E-state index contributed by atoms with van der Waals surface area (Å²) in [6, 6.07) is 11.0. The number of amidine groups is 1. The van der Waals surface area contributed by atoms with Gasteiger partial charge in [-0.1, -0.05) is 60.1 Å². The van der Waals surface area contributed by atoms with Gasteiger partial charge in [0, 0.05) is 13.1 Å². The predicted molar refractivity (Wildman–Crippen MR) is 133 cm³/mol. The molecule has 2 aromatic carbocycles. The SMILES string of the molecule is C[C@H]1CCCN(C(=O)CSC2=N/C(=C/c3ccc(Cl)c(Cl)c3)C(=O)N2c2ccccc2F)C1. The van der Waals surface area contributed by atoms with Gasteiger partial charge < -0.3 is 4.90 Å². The molecule has 2 aliphatic heterocycles. The number of piperidine rings is 1. The second-order valence-electron chi connectivity index (χ2n) is 8.07. The summed E-state index contributed by atoms with van der Waals surface area (Å²) in [5.41, 5.74) is 0.845. The van der Waals surface area contributed by atoms with Gasteiger partial charge in [-0.25, -0.2) is 9.38 Å². The first-order valence-corrected chi connectivity index (χ1v) is 12.3. The molecule has 0 radical (unpaired) electrons. The number of likely N-dealkylation sites (tertiary alicyclic amines) is 1. The number of halogens is 3. The Labute approximate surface area is 206 Å². The Bertz CT molecular complexity index is 1150. The molecule has 2 aliphatic rings. The number of carbonyl (C=O) groups is 2. The van der Waals surface area contributed by atoms with Crippen LogP contribution in [0.1, 0.15) is 25.3 Å². The fourth-order valence-corrected chi connectivity index (χ4v) is 5.05. The zero-order chi connectivity index (χ0) is 23.5. The Hall–Kier alpha value is -2.35. The van der Waals surface area contributed by atoms with Crippen molar-refractivity contribution in [3.05, 3.63) is 69.6 Å². The monoisotopic (exact) mass is 505 g/mol. The minimum atomic E-state index is -0.550. The standard InChI is InChI=1S/C24H22Cl2FN3O2S/c1-15-5-4-10-29(13-15)22(31)14-33-24-28-20(12-16-8-9-17(25)18(26)11-16)23(32)30(24)21-7-3-2-6-19(21)27/h2-3,6-9,11-12,15H,4-5,10,13-14H2,1H3/b20-12+/t15-/m0/s1. The van der Waals surface area contributed by atoms with E-state index in [1.807, 2.05) is 4.90 Å². The molecule has 2 amide bonds. The summed E-state index contributed by atoms with van der Waals surface area (Å²) in [4.78, 5) is 33.5. The molecule has 0 N–H and O–H groups in total. The van der Waals surface area contributed by atoms with Crippen LogP contribution in [0.5, 0.6) is 0 Å². The van der Waals surface area contributed by atoms with Gasteiger partial charge in [-0.15, -0.1) is 0 Å². The Morgan fingerprint density at radius 3 is 2.76 bits per heavy atom. The maximum atomic E-state index is 14.6. The van der Waals surface area contributed by atoms with E-state index in [2.05, 4.69) is 11.9 Å². The molecular weight excluding hydrogens is 484 g/mol. The molecule has 0 aromatic heterocycles. The van der Waals surface area contributed by atoms with Gasteiger partial charge in [-0.3, -0.25) is 14.5 Å². The van der Waals surface area contributed by atoms with Gasteiger partial charge in [-0.05, 0) is 54.7 Å². The maximum Gasteiger partial charge on any atom is 0.283 e. The van der Waals surface area contributed by atoms with Crippen LogP contribution < -0.4 is 4.90 Å². The molecule has 0 bridgehead atoms. The topological polar surface area (TPSA) is 53.0 Å². The van der Waals surface area contributed by atoms with Crippen molar-refractivity contribution in [1.82, 2.24) is 4.90 Å². The molecule has 4 rings (SSSR count). The van der Waals surface area contributed by atoms with E-state index >= 15 is 0 Å². The highest BCUT2D eigenvalue weighted by atomic mass is 35.5. The number of carbonyl (C=O) groups excluding carboxylic acids is 2. The van der Waals surface area contributed by atoms with Crippen molar-refractivity contribution < 1.29 is 14.0 Å². The number of aliphatic imine (C=N–C) groups is 1. The van der Waals surface area contributed by atoms with E-state index in [0.717, 1.165) is 37.7 Å². The lowest BCUT2D eigenvalue weighted by Gasteiger charge is -2.31. The van der Waals surface area contributed by atoms with E-state index in [-0.39, 0.29) is 28.2 Å². The summed E-state index contributed by atoms with van der Waals surface area (Å²) >= 11 is 13.2. The molecule has 172 valence electrons. The number of para-hydroxylation sites is 1. The third-order valence-electron chi connectivity index (χ3n) is 5.50. The third kappa shape index (κ3) is 5.42. The van der Waals surface area contributed by atoms with Gasteiger partial charge in [0.2, 0.25) is 5.91 Å². The van der Waals surface area contributed by atoms with E-state index < -0.39 is 11.7 Å². The van der Waals surface area contributed by atoms with Crippen LogP contribution in [0.2, 0.25) is 10.0 Å². The number of benzene rings is 2. The number of hydrogen-bond donors (Lipinski definition) is 0. The number of nitrogens with zero attached hydrogens (tertiary/aromatic N) is 3. The van der Waals surface area contributed by atoms with Crippen LogP contribution in [0.15, 0.2) is 53.2 Å². The van der Waals surface area contributed by atoms with Crippen LogP contribution in [0.4, 0.5) is 10.1 Å². The number of amides is 2. The summed E-state index contributed by atoms with van der Waals surface area (Å²) in [7, 11) is 0. The minimum absolute atomic E-state index is 0.0166. The maximum absolute atomic E-state index is 14.6. The summed E-state index contributed by atoms with van der Waals surface area (Å²) in [5, 5.41) is 1.01. The molecule has 5 nitrogen and oxygen atoms in total. The van der Waals surface area contributed by atoms with Gasteiger partial charge in [-0.2, -0.15) is 0 Å². The van der Waals surface area contributed by atoms with Crippen molar-refractivity contribution in [2.24, 2.45) is 10.9 Å². The first-order valence-electron chi connectivity index (χ1n) is 10.6. The van der Waals surface area contributed by atoms with Crippen molar-refractivity contribution in [1.29, 1.82) is 0 Å². The van der Waals surface area contributed by atoms with E-state index in [9.17, 15) is 14.0 Å². The molecule has 1 atom stereocenters. The van der Waals surface area contributed by atoms with Crippen LogP contribution in [0.25, 0.3) is 6.08 Å². The van der Waals surface area contributed by atoms with Gasteiger partial charge in [0.05, 0.1) is 21.5 Å². The molecule has 0 unspecified atom stereocenters. The molecule has 1 fully saturated rings. The van der Waals surface area contributed by atoms with Crippen molar-refractivity contribution in [2.45, 2.75) is 19.8 Å². The Kier molecular flexibility index (Phi) is 7.41. The van der Waals surface area contributed by atoms with Crippen LogP contribution in [0.3, 0.4) is 0 Å². The average Bonchev–Trinajstić information content (AvgIpc) is 3.10. The normalized spacial score (nSPS) is 19.9. The van der Waals surface area contributed by atoms with Crippen molar-refractivity contribution in [3.8, 4) is 0 Å². The van der Waals surface area contributed by atoms with Crippen LogP contribution in [-0.2, 0) is 9.59 Å². The molecule has 9 heteroatoms. The summed E-state index contributed by atoms with van der Waals surface area (Å²) in [6.07, 6.45) is 3.66. The van der Waals surface area contributed by atoms with Crippen LogP contribution in [-0.4, -0.2) is 40.7 Å². The van der Waals surface area contributed by atoms with Crippen molar-refractivity contribution in [2.75, 3.05) is 23.7 Å². The summed E-state index contributed by atoms with van der Waals surface area (Å²) in [6.45, 7) is 3.59. The number of hydrogen-bond acceptors (Lipinski definition) is 4. The quantitative estimate of drug-likeness (QED) is 0.488. The first kappa shape index (κ1) is 23.8. The van der Waals surface area contributed by atoms with E-state index in [1.54, 1.807) is 36.4 Å². The first-order chi connectivity index (χ1) is 15.8. The van der Waals surface area contributed by atoms with Gasteiger partial charge in [0.1, 0.15) is 11.5 Å². The Morgan fingerprint density at radius 1 is 1.24 bits per heavy atom. The lowest BCUT2D eigenvalue weighted by atomic mass is 10.0. The van der Waals surface area contributed by atoms with Crippen molar-refractivity contribution >= 4 is 63.7 Å². The molecule has 1 saturated heterocycles. The smallest absolute Gasteiger partial charge is 0.283 e. The predicted octanol–water partition coefficient (Wildman–Crippen LogP) is 5.87. The van der Waals surface area contributed by atoms with Crippen LogP contribution >= 0.6 is 35.0 Å². The van der Waals surface area contributed by atoms with Gasteiger partial charge in [0.25, 0.3) is 5.91 Å². The second-order valence-corrected chi connectivity index (χ2v) is 9.82. The fourth-order valence-electron chi connectivity index (χ4n) is 3.83. The largest absolute Gasteiger partial charge is 0.342 e. The number of thioether (sulfide) groups is 1. The molecule has 0 saturated carbocycles. The minimum Gasteiger partial charge on any atom is -0.342 e. The number of anilines is 1. The second kappa shape index (κ2) is 10.3. The highest BCUT2D eigenvalue weighted by Crippen LogP contribution is 2.32. The lowest BCUT2D eigenvalue weighted by Crippen LogP contribution is -2.40. The Morgan fingerprint density at radius 2 is 2.03 bits per heavy atom. The van der Waals surface area contributed by atoms with Gasteiger partial charge in [0.15, 0.2) is 5.17 Å². The molecule has 0 spiro atoms. The van der Waals surface area contributed by atoms with E-state index in [0.29, 0.717) is 21.5 Å². The molecule has 2 heterocycles. The summed E-state index contributed by atoms with van der Waals surface area (Å²) in [5.74, 6) is -0.464. The van der Waals surface area contributed by atoms with E-state index in [4.69, 9.17) is 23.2 Å². The fraction of sp³-hybridized carbons (Fsp3) is 0.292. The molecule has 0 aliphatic carbocycles. The molecule has 2 aromatic rings.